The van der Waals surface area contributed by atoms with Crippen LogP contribution in [0.5, 0.6) is 0 Å². The SMILES string of the molecule is CN(C=N)C=Cc1nnco1. The molecular formula is C6H8N4O. The molecule has 0 radical (unpaired) electrons. The van der Waals surface area contributed by atoms with Gasteiger partial charge in [0.25, 0.3) is 0 Å². The Hall–Kier alpha value is -1.65. The van der Waals surface area contributed by atoms with Crippen molar-refractivity contribution in [2.75, 3.05) is 7.05 Å². The molecule has 0 aromatic carbocycles. The maximum absolute atomic E-state index is 6.82. The molecule has 5 nitrogen and oxygen atoms in total. The minimum Gasteiger partial charge on any atom is -0.424 e. The van der Waals surface area contributed by atoms with Crippen LogP contribution >= 0.6 is 0 Å². The van der Waals surface area contributed by atoms with Gasteiger partial charge in [-0.25, -0.2) is 0 Å². The molecule has 0 bridgehead atoms. The van der Waals surface area contributed by atoms with Crippen LogP contribution < -0.4 is 0 Å². The van der Waals surface area contributed by atoms with E-state index in [4.69, 9.17) is 9.83 Å². The first kappa shape index (κ1) is 7.46. The lowest BCUT2D eigenvalue weighted by atomic mass is 10.6. The smallest absolute Gasteiger partial charge is 0.241 e. The van der Waals surface area contributed by atoms with Gasteiger partial charge >= 0.3 is 0 Å². The summed E-state index contributed by atoms with van der Waals surface area (Å²) >= 11 is 0. The van der Waals surface area contributed by atoms with Crippen molar-refractivity contribution in [2.45, 2.75) is 0 Å². The highest BCUT2D eigenvalue weighted by molar-refractivity contribution is 5.54. The quantitative estimate of drug-likeness (QED) is 0.508. The topological polar surface area (TPSA) is 66.0 Å². The predicted molar refractivity (Wildman–Crippen MR) is 39.9 cm³/mol. The summed E-state index contributed by atoms with van der Waals surface area (Å²) < 4.78 is 4.82. The highest BCUT2D eigenvalue weighted by atomic mass is 16.4. The minimum absolute atomic E-state index is 0.429. The molecule has 0 aliphatic rings. The average Bonchev–Trinajstić information content (AvgIpc) is 2.52. The van der Waals surface area contributed by atoms with E-state index < -0.39 is 0 Å². The van der Waals surface area contributed by atoms with Crippen LogP contribution in [0.3, 0.4) is 0 Å². The molecule has 0 unspecified atom stereocenters. The second-order valence-electron chi connectivity index (χ2n) is 1.89. The first-order valence-electron chi connectivity index (χ1n) is 3.00. The maximum atomic E-state index is 6.82. The fourth-order valence-corrected chi connectivity index (χ4v) is 0.479. The van der Waals surface area contributed by atoms with E-state index in [1.165, 1.54) is 12.7 Å². The van der Waals surface area contributed by atoms with Gasteiger partial charge in [-0.3, -0.25) is 5.41 Å². The van der Waals surface area contributed by atoms with Crippen LogP contribution in [0.1, 0.15) is 5.89 Å². The minimum atomic E-state index is 0.429. The van der Waals surface area contributed by atoms with E-state index in [9.17, 15) is 0 Å². The van der Waals surface area contributed by atoms with Gasteiger partial charge < -0.3 is 9.32 Å². The van der Waals surface area contributed by atoms with Gasteiger partial charge in [0.05, 0.1) is 6.34 Å². The van der Waals surface area contributed by atoms with Crippen molar-refractivity contribution in [1.29, 1.82) is 5.41 Å². The Balaban J connectivity index is 2.55. The molecule has 0 saturated heterocycles. The van der Waals surface area contributed by atoms with Crippen molar-refractivity contribution >= 4 is 12.4 Å². The number of aromatic nitrogens is 2. The van der Waals surface area contributed by atoms with Crippen LogP contribution in [0.2, 0.25) is 0 Å². The molecule has 1 aromatic rings. The highest BCUT2D eigenvalue weighted by Crippen LogP contribution is 1.94. The Labute approximate surface area is 63.8 Å². The fourth-order valence-electron chi connectivity index (χ4n) is 0.479. The van der Waals surface area contributed by atoms with E-state index in [1.54, 1.807) is 24.2 Å². The monoisotopic (exact) mass is 152 g/mol. The molecule has 0 saturated carbocycles. The number of nitrogens with zero attached hydrogens (tertiary/aromatic N) is 3. The van der Waals surface area contributed by atoms with E-state index in [1.807, 2.05) is 0 Å². The molecule has 1 N–H and O–H groups in total. The van der Waals surface area contributed by atoms with Crippen molar-refractivity contribution in [3.8, 4) is 0 Å². The third-order valence-corrected chi connectivity index (χ3v) is 1.03. The Morgan fingerprint density at radius 1 is 1.73 bits per heavy atom. The second kappa shape index (κ2) is 3.50. The first-order chi connectivity index (χ1) is 5.33. The number of hydrogen-bond acceptors (Lipinski definition) is 4. The van der Waals surface area contributed by atoms with E-state index in [2.05, 4.69) is 10.2 Å². The Morgan fingerprint density at radius 2 is 2.55 bits per heavy atom. The predicted octanol–water partition coefficient (Wildman–Crippen LogP) is 0.579. The summed E-state index contributed by atoms with van der Waals surface area (Å²) in [5.74, 6) is 0.429. The zero-order chi connectivity index (χ0) is 8.10. The van der Waals surface area contributed by atoms with Gasteiger partial charge in [0.15, 0.2) is 0 Å². The van der Waals surface area contributed by atoms with Crippen LogP contribution in [0, 0.1) is 5.41 Å². The summed E-state index contributed by atoms with van der Waals surface area (Å²) in [4.78, 5) is 1.56. The first-order valence-corrected chi connectivity index (χ1v) is 3.00. The van der Waals surface area contributed by atoms with E-state index in [0.717, 1.165) is 0 Å². The molecule has 1 aromatic heterocycles. The van der Waals surface area contributed by atoms with Crippen molar-refractivity contribution in [1.82, 2.24) is 15.1 Å². The molecule has 0 atom stereocenters. The van der Waals surface area contributed by atoms with Crippen LogP contribution in [-0.4, -0.2) is 28.5 Å². The van der Waals surface area contributed by atoms with Crippen molar-refractivity contribution in [3.05, 3.63) is 18.5 Å². The average molecular weight is 152 g/mol. The number of nitrogens with one attached hydrogen (secondary N) is 1. The van der Waals surface area contributed by atoms with Crippen LogP contribution in [0.25, 0.3) is 6.08 Å². The summed E-state index contributed by atoms with van der Waals surface area (Å²) in [5, 5.41) is 13.9. The molecular weight excluding hydrogens is 144 g/mol. The van der Waals surface area contributed by atoms with Crippen molar-refractivity contribution in [2.24, 2.45) is 0 Å². The summed E-state index contributed by atoms with van der Waals surface area (Å²) in [6.45, 7) is 0. The van der Waals surface area contributed by atoms with Gasteiger partial charge in [-0.1, -0.05) is 0 Å². The van der Waals surface area contributed by atoms with E-state index >= 15 is 0 Å². The molecule has 0 aliphatic heterocycles. The van der Waals surface area contributed by atoms with Gasteiger partial charge in [0.2, 0.25) is 12.3 Å². The largest absolute Gasteiger partial charge is 0.424 e. The van der Waals surface area contributed by atoms with Crippen molar-refractivity contribution in [3.63, 3.8) is 0 Å². The van der Waals surface area contributed by atoms with Gasteiger partial charge in [-0.05, 0) is 0 Å². The number of hydrogen-bond donors (Lipinski definition) is 1. The third-order valence-electron chi connectivity index (χ3n) is 1.03. The lowest BCUT2D eigenvalue weighted by Gasteiger charge is -2.01. The maximum Gasteiger partial charge on any atom is 0.241 e. The lowest BCUT2D eigenvalue weighted by Crippen LogP contribution is -2.04. The summed E-state index contributed by atoms with van der Waals surface area (Å²) in [7, 11) is 1.74. The molecule has 11 heavy (non-hydrogen) atoms. The zero-order valence-electron chi connectivity index (χ0n) is 6.06. The highest BCUT2D eigenvalue weighted by Gasteiger charge is 1.89. The van der Waals surface area contributed by atoms with Gasteiger partial charge in [0, 0.05) is 19.3 Å². The van der Waals surface area contributed by atoms with Crippen LogP contribution in [-0.2, 0) is 0 Å². The fraction of sp³-hybridized carbons (Fsp3) is 0.167. The molecule has 0 spiro atoms. The normalized spacial score (nSPS) is 10.3. The van der Waals surface area contributed by atoms with Gasteiger partial charge in [0.1, 0.15) is 0 Å². The van der Waals surface area contributed by atoms with Crippen molar-refractivity contribution < 1.29 is 4.42 Å². The van der Waals surface area contributed by atoms with Crippen LogP contribution in [0.15, 0.2) is 17.0 Å². The van der Waals surface area contributed by atoms with E-state index in [-0.39, 0.29) is 0 Å². The molecule has 1 rings (SSSR count). The molecule has 58 valence electrons. The number of rotatable bonds is 3. The molecule has 0 aliphatic carbocycles. The molecule has 1 heterocycles. The third kappa shape index (κ3) is 2.21. The summed E-state index contributed by atoms with van der Waals surface area (Å²) in [5.41, 5.74) is 0. The Bertz CT molecular complexity index is 241. The molecule has 5 heteroatoms. The zero-order valence-corrected chi connectivity index (χ0v) is 6.06. The summed E-state index contributed by atoms with van der Waals surface area (Å²) in [6, 6.07) is 0. The summed E-state index contributed by atoms with van der Waals surface area (Å²) in [6.07, 6.45) is 5.70. The van der Waals surface area contributed by atoms with E-state index in [0.29, 0.717) is 5.89 Å². The van der Waals surface area contributed by atoms with Crippen LogP contribution in [0.4, 0.5) is 0 Å². The van der Waals surface area contributed by atoms with Gasteiger partial charge in [-0.15, -0.1) is 10.2 Å². The lowest BCUT2D eigenvalue weighted by molar-refractivity contribution is 0.541. The Kier molecular flexibility index (Phi) is 2.37. The Morgan fingerprint density at radius 3 is 3.09 bits per heavy atom. The molecule has 0 fully saturated rings. The second-order valence-corrected chi connectivity index (χ2v) is 1.89. The standard InChI is InChI=1S/C6H8N4O/c1-10(4-7)3-2-6-9-8-5-11-6/h2-5,7H,1H3. The van der Waals surface area contributed by atoms with Gasteiger partial charge in [-0.2, -0.15) is 0 Å². The molecule has 0 amide bonds.